The molecule has 25 heavy (non-hydrogen) atoms. The van der Waals surface area contributed by atoms with Gasteiger partial charge in [0.25, 0.3) is 0 Å². The van der Waals surface area contributed by atoms with Gasteiger partial charge in [0, 0.05) is 32.1 Å². The molecular formula is C18H21FN2O4. The van der Waals surface area contributed by atoms with E-state index >= 15 is 0 Å². The maximum atomic E-state index is 13.0. The van der Waals surface area contributed by atoms with Crippen molar-refractivity contribution in [1.82, 2.24) is 9.80 Å². The van der Waals surface area contributed by atoms with Gasteiger partial charge in [0.1, 0.15) is 5.82 Å². The van der Waals surface area contributed by atoms with E-state index in [1.54, 1.807) is 24.0 Å². The lowest BCUT2D eigenvalue weighted by atomic mass is 10.1. The van der Waals surface area contributed by atoms with Gasteiger partial charge in [-0.25, -0.2) is 9.18 Å². The third kappa shape index (κ3) is 3.81. The smallest absolute Gasteiger partial charge is 0.397 e. The largest absolute Gasteiger partial charge is 0.459 e. The molecule has 134 valence electrons. The highest BCUT2D eigenvalue weighted by molar-refractivity contribution is 6.32. The van der Waals surface area contributed by atoms with Gasteiger partial charge in [-0.05, 0) is 37.0 Å². The molecule has 0 N–H and O–H groups in total. The van der Waals surface area contributed by atoms with Crippen molar-refractivity contribution in [3.05, 3.63) is 35.6 Å². The molecule has 0 spiro atoms. The fourth-order valence-corrected chi connectivity index (χ4v) is 3.23. The number of ether oxygens (including phenoxy) is 1. The van der Waals surface area contributed by atoms with Gasteiger partial charge >= 0.3 is 11.9 Å². The minimum Gasteiger partial charge on any atom is -0.459 e. The molecule has 1 aromatic rings. The molecule has 2 fully saturated rings. The van der Waals surface area contributed by atoms with Crippen LogP contribution in [-0.2, 0) is 19.1 Å². The Hall–Kier alpha value is -2.44. The molecular weight excluding hydrogens is 327 g/mol. The summed E-state index contributed by atoms with van der Waals surface area (Å²) >= 11 is 0. The molecule has 1 saturated heterocycles. The van der Waals surface area contributed by atoms with Crippen molar-refractivity contribution in [1.29, 1.82) is 0 Å². The van der Waals surface area contributed by atoms with E-state index in [2.05, 4.69) is 0 Å². The molecule has 6 nitrogen and oxygen atoms in total. The maximum Gasteiger partial charge on any atom is 0.397 e. The Labute approximate surface area is 145 Å². The fraction of sp³-hybridized carbons (Fsp3) is 0.500. The first-order chi connectivity index (χ1) is 12.0. The summed E-state index contributed by atoms with van der Waals surface area (Å²) in [6.45, 7) is 3.30. The Morgan fingerprint density at radius 3 is 2.28 bits per heavy atom. The van der Waals surface area contributed by atoms with E-state index < -0.39 is 11.9 Å². The van der Waals surface area contributed by atoms with E-state index in [0.717, 1.165) is 12.0 Å². The van der Waals surface area contributed by atoms with E-state index in [0.29, 0.717) is 26.2 Å². The number of halogens is 1. The van der Waals surface area contributed by atoms with Crippen LogP contribution >= 0.6 is 0 Å². The van der Waals surface area contributed by atoms with Crippen molar-refractivity contribution >= 4 is 17.8 Å². The van der Waals surface area contributed by atoms with Gasteiger partial charge in [0.15, 0.2) is 0 Å². The van der Waals surface area contributed by atoms with Crippen LogP contribution < -0.4 is 0 Å². The van der Waals surface area contributed by atoms with Gasteiger partial charge in [-0.1, -0.05) is 12.1 Å². The number of carbonyl (C=O) groups excluding carboxylic acids is 3. The summed E-state index contributed by atoms with van der Waals surface area (Å²) in [6, 6.07) is 6.27. The SMILES string of the molecule is CCOC(=O)C(=O)N1CCN(C(=O)C2CC2c2ccc(F)cc2)CC1. The van der Waals surface area contributed by atoms with Gasteiger partial charge in [-0.3, -0.25) is 9.59 Å². The van der Waals surface area contributed by atoms with Crippen LogP contribution in [0.3, 0.4) is 0 Å². The zero-order valence-corrected chi connectivity index (χ0v) is 14.1. The molecule has 2 amide bonds. The number of benzene rings is 1. The van der Waals surface area contributed by atoms with E-state index in [1.165, 1.54) is 17.0 Å². The Kier molecular flexibility index (Phi) is 5.01. The summed E-state index contributed by atoms with van der Waals surface area (Å²) in [5.41, 5.74) is 0.982. The van der Waals surface area contributed by atoms with Crippen LogP contribution in [0.1, 0.15) is 24.8 Å². The summed E-state index contributed by atoms with van der Waals surface area (Å²) in [6.07, 6.45) is 0.770. The molecule has 2 atom stereocenters. The summed E-state index contributed by atoms with van der Waals surface area (Å²) < 4.78 is 17.7. The number of nitrogens with zero attached hydrogens (tertiary/aromatic N) is 2. The monoisotopic (exact) mass is 348 g/mol. The maximum absolute atomic E-state index is 13.0. The normalized spacial score (nSPS) is 22.5. The predicted molar refractivity (Wildman–Crippen MR) is 87.0 cm³/mol. The van der Waals surface area contributed by atoms with Crippen LogP contribution in [0.15, 0.2) is 24.3 Å². The molecule has 1 aliphatic carbocycles. The lowest BCUT2D eigenvalue weighted by Crippen LogP contribution is -2.52. The number of piperazine rings is 1. The molecule has 7 heteroatoms. The predicted octanol–water partition coefficient (Wildman–Crippen LogP) is 1.16. The highest BCUT2D eigenvalue weighted by Gasteiger charge is 2.46. The van der Waals surface area contributed by atoms with E-state index in [1.807, 2.05) is 0 Å². The first-order valence-corrected chi connectivity index (χ1v) is 8.51. The molecule has 0 aromatic heterocycles. The highest BCUT2D eigenvalue weighted by Crippen LogP contribution is 2.48. The van der Waals surface area contributed by atoms with Crippen LogP contribution in [0.5, 0.6) is 0 Å². The van der Waals surface area contributed by atoms with Crippen molar-refractivity contribution in [3.8, 4) is 0 Å². The second-order valence-electron chi connectivity index (χ2n) is 6.34. The summed E-state index contributed by atoms with van der Waals surface area (Å²) in [5, 5.41) is 0. The third-order valence-corrected chi connectivity index (χ3v) is 4.73. The fourth-order valence-electron chi connectivity index (χ4n) is 3.23. The molecule has 1 aromatic carbocycles. The molecule has 1 saturated carbocycles. The lowest BCUT2D eigenvalue weighted by molar-refractivity contribution is -0.161. The Morgan fingerprint density at radius 2 is 1.68 bits per heavy atom. The van der Waals surface area contributed by atoms with Crippen LogP contribution in [0.4, 0.5) is 4.39 Å². The molecule has 1 aliphatic heterocycles. The first kappa shape index (κ1) is 17.4. The summed E-state index contributed by atoms with van der Waals surface area (Å²) in [4.78, 5) is 39.1. The molecule has 3 rings (SSSR count). The number of hydrogen-bond acceptors (Lipinski definition) is 4. The lowest BCUT2D eigenvalue weighted by Gasteiger charge is -2.34. The van der Waals surface area contributed by atoms with Gasteiger partial charge < -0.3 is 14.5 Å². The van der Waals surface area contributed by atoms with Crippen LogP contribution in [0.2, 0.25) is 0 Å². The quantitative estimate of drug-likeness (QED) is 0.607. The second kappa shape index (κ2) is 7.21. The average molecular weight is 348 g/mol. The minimum atomic E-state index is -0.846. The van der Waals surface area contributed by atoms with Crippen molar-refractivity contribution in [2.24, 2.45) is 5.92 Å². The first-order valence-electron chi connectivity index (χ1n) is 8.51. The van der Waals surface area contributed by atoms with Crippen molar-refractivity contribution in [2.45, 2.75) is 19.3 Å². The molecule has 0 radical (unpaired) electrons. The van der Waals surface area contributed by atoms with E-state index in [-0.39, 0.29) is 30.2 Å². The van der Waals surface area contributed by atoms with Gasteiger partial charge in [0.2, 0.25) is 5.91 Å². The van der Waals surface area contributed by atoms with Crippen molar-refractivity contribution in [3.63, 3.8) is 0 Å². The van der Waals surface area contributed by atoms with Crippen LogP contribution in [0.25, 0.3) is 0 Å². The Balaban J connectivity index is 1.50. The number of carbonyl (C=O) groups is 3. The van der Waals surface area contributed by atoms with E-state index in [9.17, 15) is 18.8 Å². The second-order valence-corrected chi connectivity index (χ2v) is 6.34. The van der Waals surface area contributed by atoms with Crippen LogP contribution in [0, 0.1) is 11.7 Å². The number of hydrogen-bond donors (Lipinski definition) is 0. The summed E-state index contributed by atoms with van der Waals surface area (Å²) in [5.74, 6) is -1.64. The molecule has 2 aliphatic rings. The van der Waals surface area contributed by atoms with Gasteiger partial charge in [0.05, 0.1) is 6.61 Å². The number of rotatable bonds is 3. The third-order valence-electron chi connectivity index (χ3n) is 4.73. The minimum absolute atomic E-state index is 0.0672. The average Bonchev–Trinajstić information content (AvgIpc) is 3.42. The standard InChI is InChI=1S/C18H21FN2O4/c1-2-25-18(24)17(23)21-9-7-20(8-10-21)16(22)15-11-14(15)12-3-5-13(19)6-4-12/h3-6,14-15H,2,7-11H2,1H3. The zero-order valence-electron chi connectivity index (χ0n) is 14.1. The van der Waals surface area contributed by atoms with Gasteiger partial charge in [-0.2, -0.15) is 0 Å². The van der Waals surface area contributed by atoms with Crippen molar-refractivity contribution < 1.29 is 23.5 Å². The molecule has 2 unspecified atom stereocenters. The van der Waals surface area contributed by atoms with E-state index in [4.69, 9.17) is 4.74 Å². The molecule has 0 bridgehead atoms. The highest BCUT2D eigenvalue weighted by atomic mass is 19.1. The Morgan fingerprint density at radius 1 is 1.08 bits per heavy atom. The number of amides is 2. The van der Waals surface area contributed by atoms with Crippen molar-refractivity contribution in [2.75, 3.05) is 32.8 Å². The Bertz CT molecular complexity index is 668. The van der Waals surface area contributed by atoms with Crippen LogP contribution in [-0.4, -0.2) is 60.4 Å². The number of esters is 1. The summed E-state index contributed by atoms with van der Waals surface area (Å²) in [7, 11) is 0. The molecule has 1 heterocycles. The van der Waals surface area contributed by atoms with Gasteiger partial charge in [-0.15, -0.1) is 0 Å². The topological polar surface area (TPSA) is 66.9 Å². The zero-order chi connectivity index (χ0) is 18.0.